The molecule has 1 aromatic rings. The number of alkyl halides is 1. The fourth-order valence-electron chi connectivity index (χ4n) is 1.15. The van der Waals surface area contributed by atoms with Crippen LogP contribution >= 0.6 is 15.9 Å². The molecule has 0 amide bonds. The van der Waals surface area contributed by atoms with Crippen molar-refractivity contribution >= 4 is 22.0 Å². The van der Waals surface area contributed by atoms with E-state index in [1.54, 1.807) is 0 Å². The molecule has 0 bridgehead atoms. The molecule has 0 aliphatic rings. The Bertz CT molecular complexity index is 300. The molecule has 0 heterocycles. The lowest BCUT2D eigenvalue weighted by Crippen LogP contribution is -1.81. The van der Waals surface area contributed by atoms with Crippen LogP contribution in [0.15, 0.2) is 24.3 Å². The van der Waals surface area contributed by atoms with E-state index in [9.17, 15) is 0 Å². The van der Waals surface area contributed by atoms with Gasteiger partial charge in [-0.3, -0.25) is 0 Å². The van der Waals surface area contributed by atoms with Gasteiger partial charge in [0.25, 0.3) is 0 Å². The molecule has 1 aromatic carbocycles. The Kier molecular flexibility index (Phi) is 4.23. The lowest BCUT2D eigenvalue weighted by atomic mass is 10.1. The van der Waals surface area contributed by atoms with Crippen molar-refractivity contribution in [3.8, 4) is 0 Å². The highest BCUT2D eigenvalue weighted by atomic mass is 79.9. The van der Waals surface area contributed by atoms with Crippen molar-refractivity contribution < 1.29 is 0 Å². The quantitative estimate of drug-likeness (QED) is 0.696. The number of halogens is 1. The van der Waals surface area contributed by atoms with Crippen molar-refractivity contribution in [2.75, 3.05) is 5.33 Å². The Morgan fingerprint density at radius 2 is 2.00 bits per heavy atom. The van der Waals surface area contributed by atoms with Crippen LogP contribution in [-0.2, 0) is 0 Å². The van der Waals surface area contributed by atoms with E-state index >= 15 is 0 Å². The van der Waals surface area contributed by atoms with E-state index in [0.717, 1.165) is 11.8 Å². The van der Waals surface area contributed by atoms with Crippen molar-refractivity contribution in [3.05, 3.63) is 41.0 Å². The summed E-state index contributed by atoms with van der Waals surface area (Å²) in [6, 6.07) is 6.55. The van der Waals surface area contributed by atoms with Crippen LogP contribution in [0.3, 0.4) is 0 Å². The van der Waals surface area contributed by atoms with E-state index < -0.39 is 0 Å². The first-order chi connectivity index (χ1) is 6.24. The zero-order chi connectivity index (χ0) is 9.68. The van der Waals surface area contributed by atoms with E-state index in [1.807, 2.05) is 0 Å². The molecule has 0 saturated heterocycles. The molecular formula is C12H15Br. The molecule has 0 spiro atoms. The third-order valence-corrected chi connectivity index (χ3v) is 2.57. The largest absolute Gasteiger partial charge is 0.0925 e. The maximum absolute atomic E-state index is 3.40. The maximum atomic E-state index is 3.40. The highest BCUT2D eigenvalue weighted by Crippen LogP contribution is 2.11. The standard InChI is InChI=1S/C12H15Br/c1-10-6-7-12(9-11(10)2)5-3-4-8-13/h3,5-7,9H,4,8H2,1-2H3. The van der Waals surface area contributed by atoms with Gasteiger partial charge in [0.05, 0.1) is 0 Å². The number of hydrogen-bond donors (Lipinski definition) is 0. The summed E-state index contributed by atoms with van der Waals surface area (Å²) in [5.41, 5.74) is 4.02. The van der Waals surface area contributed by atoms with Crippen LogP contribution in [0.25, 0.3) is 6.08 Å². The van der Waals surface area contributed by atoms with Gasteiger partial charge in [-0.15, -0.1) is 0 Å². The van der Waals surface area contributed by atoms with Crippen molar-refractivity contribution in [1.29, 1.82) is 0 Å². The molecule has 0 nitrogen and oxygen atoms in total. The fraction of sp³-hybridized carbons (Fsp3) is 0.333. The van der Waals surface area contributed by atoms with Gasteiger partial charge < -0.3 is 0 Å². The molecule has 0 fully saturated rings. The van der Waals surface area contributed by atoms with Crippen molar-refractivity contribution in [2.45, 2.75) is 20.3 Å². The Labute approximate surface area is 88.8 Å². The second-order valence-electron chi connectivity index (χ2n) is 3.22. The topological polar surface area (TPSA) is 0 Å². The molecule has 0 N–H and O–H groups in total. The van der Waals surface area contributed by atoms with Gasteiger partial charge in [-0.05, 0) is 37.0 Å². The summed E-state index contributed by atoms with van der Waals surface area (Å²) in [7, 11) is 0. The van der Waals surface area contributed by atoms with Crippen LogP contribution in [-0.4, -0.2) is 5.33 Å². The van der Waals surface area contributed by atoms with E-state index in [0.29, 0.717) is 0 Å². The monoisotopic (exact) mass is 238 g/mol. The molecule has 0 atom stereocenters. The van der Waals surface area contributed by atoms with Gasteiger partial charge in [-0.1, -0.05) is 46.3 Å². The number of aryl methyl sites for hydroxylation is 2. The van der Waals surface area contributed by atoms with Crippen LogP contribution in [0.5, 0.6) is 0 Å². The molecule has 13 heavy (non-hydrogen) atoms. The Morgan fingerprint density at radius 3 is 2.62 bits per heavy atom. The Morgan fingerprint density at radius 1 is 1.23 bits per heavy atom. The molecule has 1 heteroatoms. The van der Waals surface area contributed by atoms with Crippen LogP contribution in [0.2, 0.25) is 0 Å². The minimum Gasteiger partial charge on any atom is -0.0925 e. The van der Waals surface area contributed by atoms with Gasteiger partial charge in [0.15, 0.2) is 0 Å². The molecule has 0 aliphatic heterocycles. The summed E-state index contributed by atoms with van der Waals surface area (Å²) in [6.45, 7) is 4.29. The van der Waals surface area contributed by atoms with Gasteiger partial charge in [-0.25, -0.2) is 0 Å². The first kappa shape index (κ1) is 10.5. The molecular weight excluding hydrogens is 224 g/mol. The van der Waals surface area contributed by atoms with E-state index in [1.165, 1.54) is 16.7 Å². The Balaban J connectivity index is 2.73. The van der Waals surface area contributed by atoms with Gasteiger partial charge >= 0.3 is 0 Å². The summed E-state index contributed by atoms with van der Waals surface area (Å²) in [5.74, 6) is 0. The van der Waals surface area contributed by atoms with Gasteiger partial charge in [0, 0.05) is 5.33 Å². The summed E-state index contributed by atoms with van der Waals surface area (Å²) in [4.78, 5) is 0. The SMILES string of the molecule is Cc1ccc(C=CCCBr)cc1C. The van der Waals surface area contributed by atoms with Crippen molar-refractivity contribution in [2.24, 2.45) is 0 Å². The van der Waals surface area contributed by atoms with Gasteiger partial charge in [0.1, 0.15) is 0 Å². The molecule has 0 saturated carbocycles. The van der Waals surface area contributed by atoms with Gasteiger partial charge in [0.2, 0.25) is 0 Å². The summed E-state index contributed by atoms with van der Waals surface area (Å²) in [5, 5.41) is 1.04. The first-order valence-electron chi connectivity index (χ1n) is 4.54. The first-order valence-corrected chi connectivity index (χ1v) is 5.66. The molecule has 0 aromatic heterocycles. The molecule has 70 valence electrons. The van der Waals surface area contributed by atoms with E-state index in [-0.39, 0.29) is 0 Å². The van der Waals surface area contributed by atoms with Crippen LogP contribution in [0.4, 0.5) is 0 Å². The minimum atomic E-state index is 1.04. The molecule has 0 unspecified atom stereocenters. The highest BCUT2D eigenvalue weighted by molar-refractivity contribution is 9.09. The Hall–Kier alpha value is -0.560. The summed E-state index contributed by atoms with van der Waals surface area (Å²) >= 11 is 3.40. The molecule has 0 aliphatic carbocycles. The molecule has 0 radical (unpaired) electrons. The maximum Gasteiger partial charge on any atom is 0.00660 e. The second kappa shape index (κ2) is 5.23. The smallest absolute Gasteiger partial charge is 0.00660 e. The zero-order valence-corrected chi connectivity index (χ0v) is 9.76. The zero-order valence-electron chi connectivity index (χ0n) is 8.18. The molecule has 1 rings (SSSR count). The van der Waals surface area contributed by atoms with Crippen molar-refractivity contribution in [3.63, 3.8) is 0 Å². The summed E-state index contributed by atoms with van der Waals surface area (Å²) in [6.07, 6.45) is 5.46. The lowest BCUT2D eigenvalue weighted by Gasteiger charge is -2.00. The fourth-order valence-corrected chi connectivity index (χ4v) is 1.42. The minimum absolute atomic E-state index is 1.04. The predicted molar refractivity (Wildman–Crippen MR) is 63.4 cm³/mol. The van der Waals surface area contributed by atoms with Crippen LogP contribution in [0, 0.1) is 13.8 Å². The normalized spacial score (nSPS) is 11.0. The third kappa shape index (κ3) is 3.35. The van der Waals surface area contributed by atoms with Crippen LogP contribution < -0.4 is 0 Å². The van der Waals surface area contributed by atoms with Gasteiger partial charge in [-0.2, -0.15) is 0 Å². The summed E-state index contributed by atoms with van der Waals surface area (Å²) < 4.78 is 0. The highest BCUT2D eigenvalue weighted by Gasteiger charge is 1.91. The van der Waals surface area contributed by atoms with Crippen LogP contribution in [0.1, 0.15) is 23.1 Å². The van der Waals surface area contributed by atoms with E-state index in [4.69, 9.17) is 0 Å². The number of rotatable bonds is 3. The number of hydrogen-bond acceptors (Lipinski definition) is 0. The average molecular weight is 239 g/mol. The number of allylic oxidation sites excluding steroid dienone is 1. The third-order valence-electron chi connectivity index (χ3n) is 2.12. The second-order valence-corrected chi connectivity index (χ2v) is 4.02. The average Bonchev–Trinajstić information content (AvgIpc) is 2.12. The predicted octanol–water partition coefficient (Wildman–Crippen LogP) is 4.10. The van der Waals surface area contributed by atoms with Crippen molar-refractivity contribution in [1.82, 2.24) is 0 Å². The van der Waals surface area contributed by atoms with E-state index in [2.05, 4.69) is 60.1 Å². The lowest BCUT2D eigenvalue weighted by molar-refractivity contribution is 1.27. The number of benzene rings is 1.